The SMILES string of the molecule is Oc1ccc(Br)cc1CN1CCN(C2CNC2)CC1. The second-order valence-corrected chi connectivity index (χ2v) is 6.31. The zero-order valence-electron chi connectivity index (χ0n) is 11.0. The molecule has 104 valence electrons. The fourth-order valence-electron chi connectivity index (χ4n) is 2.74. The molecule has 0 aromatic heterocycles. The zero-order valence-corrected chi connectivity index (χ0v) is 12.6. The molecule has 5 heteroatoms. The van der Waals surface area contributed by atoms with E-state index < -0.39 is 0 Å². The van der Waals surface area contributed by atoms with Gasteiger partial charge in [-0.3, -0.25) is 9.80 Å². The first-order chi connectivity index (χ1) is 9.22. The number of aromatic hydroxyl groups is 1. The number of phenolic OH excluding ortho intramolecular Hbond substituents is 1. The monoisotopic (exact) mass is 325 g/mol. The lowest BCUT2D eigenvalue weighted by Crippen LogP contribution is -2.61. The Morgan fingerprint density at radius 1 is 1.21 bits per heavy atom. The van der Waals surface area contributed by atoms with E-state index in [-0.39, 0.29) is 0 Å². The van der Waals surface area contributed by atoms with Crippen LogP contribution in [0.1, 0.15) is 5.56 Å². The van der Waals surface area contributed by atoms with E-state index in [1.54, 1.807) is 6.07 Å². The van der Waals surface area contributed by atoms with Gasteiger partial charge in [0.15, 0.2) is 0 Å². The summed E-state index contributed by atoms with van der Waals surface area (Å²) in [6.45, 7) is 7.58. The van der Waals surface area contributed by atoms with E-state index in [9.17, 15) is 5.11 Å². The number of nitrogens with zero attached hydrogens (tertiary/aromatic N) is 2. The van der Waals surface area contributed by atoms with Crippen molar-refractivity contribution in [2.75, 3.05) is 39.3 Å². The molecule has 0 saturated carbocycles. The number of hydrogen-bond donors (Lipinski definition) is 2. The van der Waals surface area contributed by atoms with E-state index in [0.29, 0.717) is 5.75 Å². The molecule has 2 heterocycles. The largest absolute Gasteiger partial charge is 0.508 e. The maximum Gasteiger partial charge on any atom is 0.120 e. The summed E-state index contributed by atoms with van der Waals surface area (Å²) in [5, 5.41) is 13.2. The lowest BCUT2D eigenvalue weighted by molar-refractivity contribution is 0.0692. The van der Waals surface area contributed by atoms with Crippen molar-refractivity contribution in [3.8, 4) is 5.75 Å². The van der Waals surface area contributed by atoms with Gasteiger partial charge < -0.3 is 10.4 Å². The van der Waals surface area contributed by atoms with Gasteiger partial charge in [-0.25, -0.2) is 0 Å². The number of benzene rings is 1. The summed E-state index contributed by atoms with van der Waals surface area (Å²) in [4.78, 5) is 5.00. The van der Waals surface area contributed by atoms with Gasteiger partial charge in [-0.05, 0) is 18.2 Å². The molecule has 2 fully saturated rings. The minimum atomic E-state index is 0.397. The predicted octanol–water partition coefficient (Wildman–Crippen LogP) is 1.24. The number of phenols is 1. The topological polar surface area (TPSA) is 38.7 Å². The van der Waals surface area contributed by atoms with Gasteiger partial charge in [0.1, 0.15) is 5.75 Å². The van der Waals surface area contributed by atoms with Gasteiger partial charge in [0, 0.05) is 61.9 Å². The molecule has 0 spiro atoms. The molecule has 2 aliphatic heterocycles. The Bertz CT molecular complexity index is 442. The Kier molecular flexibility index (Phi) is 4.07. The van der Waals surface area contributed by atoms with Crippen molar-refractivity contribution in [3.05, 3.63) is 28.2 Å². The van der Waals surface area contributed by atoms with E-state index in [1.165, 1.54) is 0 Å². The van der Waals surface area contributed by atoms with E-state index in [1.807, 2.05) is 12.1 Å². The third-order valence-electron chi connectivity index (χ3n) is 4.12. The Balaban J connectivity index is 1.55. The van der Waals surface area contributed by atoms with Crippen LogP contribution in [0.3, 0.4) is 0 Å². The first-order valence-corrected chi connectivity index (χ1v) is 7.66. The molecule has 1 aromatic rings. The Morgan fingerprint density at radius 3 is 2.58 bits per heavy atom. The molecule has 0 atom stereocenters. The van der Waals surface area contributed by atoms with Crippen LogP contribution in [-0.2, 0) is 6.54 Å². The van der Waals surface area contributed by atoms with Gasteiger partial charge in [0.2, 0.25) is 0 Å². The van der Waals surface area contributed by atoms with Crippen LogP contribution in [0.2, 0.25) is 0 Å². The molecular weight excluding hydrogens is 306 g/mol. The second-order valence-electron chi connectivity index (χ2n) is 5.40. The number of halogens is 1. The number of nitrogens with one attached hydrogen (secondary N) is 1. The first-order valence-electron chi connectivity index (χ1n) is 6.87. The molecule has 2 saturated heterocycles. The number of piperazine rings is 1. The molecule has 0 amide bonds. The van der Waals surface area contributed by atoms with Crippen LogP contribution < -0.4 is 5.32 Å². The van der Waals surface area contributed by atoms with E-state index in [2.05, 4.69) is 31.0 Å². The second kappa shape index (κ2) is 5.79. The van der Waals surface area contributed by atoms with E-state index >= 15 is 0 Å². The minimum Gasteiger partial charge on any atom is -0.508 e. The van der Waals surface area contributed by atoms with Crippen LogP contribution in [0.4, 0.5) is 0 Å². The molecule has 0 unspecified atom stereocenters. The molecule has 2 aliphatic rings. The van der Waals surface area contributed by atoms with Gasteiger partial charge in [-0.2, -0.15) is 0 Å². The summed E-state index contributed by atoms with van der Waals surface area (Å²) in [6.07, 6.45) is 0. The van der Waals surface area contributed by atoms with E-state index in [0.717, 1.165) is 61.9 Å². The lowest BCUT2D eigenvalue weighted by atomic mass is 10.1. The zero-order chi connectivity index (χ0) is 13.2. The summed E-state index contributed by atoms with van der Waals surface area (Å²) in [5.41, 5.74) is 1.01. The third-order valence-corrected chi connectivity index (χ3v) is 4.61. The van der Waals surface area contributed by atoms with Gasteiger partial charge in [0.05, 0.1) is 0 Å². The molecule has 1 aromatic carbocycles. The van der Waals surface area contributed by atoms with Crippen molar-refractivity contribution in [1.29, 1.82) is 0 Å². The highest BCUT2D eigenvalue weighted by molar-refractivity contribution is 9.10. The van der Waals surface area contributed by atoms with Gasteiger partial charge in [-0.15, -0.1) is 0 Å². The fraction of sp³-hybridized carbons (Fsp3) is 0.571. The Hall–Kier alpha value is -0.620. The van der Waals surface area contributed by atoms with Crippen molar-refractivity contribution < 1.29 is 5.11 Å². The summed E-state index contributed by atoms with van der Waals surface area (Å²) in [6, 6.07) is 6.40. The van der Waals surface area contributed by atoms with Crippen LogP contribution >= 0.6 is 15.9 Å². The third kappa shape index (κ3) is 3.11. The van der Waals surface area contributed by atoms with Crippen molar-refractivity contribution in [2.45, 2.75) is 12.6 Å². The van der Waals surface area contributed by atoms with E-state index in [4.69, 9.17) is 0 Å². The quantitative estimate of drug-likeness (QED) is 0.877. The Labute approximate surface area is 122 Å². The smallest absolute Gasteiger partial charge is 0.120 e. The molecule has 0 bridgehead atoms. The van der Waals surface area contributed by atoms with Gasteiger partial charge in [0.25, 0.3) is 0 Å². The maximum atomic E-state index is 9.89. The highest BCUT2D eigenvalue weighted by atomic mass is 79.9. The van der Waals surface area contributed by atoms with Crippen LogP contribution in [0, 0.1) is 0 Å². The lowest BCUT2D eigenvalue weighted by Gasteiger charge is -2.43. The van der Waals surface area contributed by atoms with Crippen LogP contribution in [0.5, 0.6) is 5.75 Å². The normalized spacial score (nSPS) is 22.4. The molecule has 0 radical (unpaired) electrons. The summed E-state index contributed by atoms with van der Waals surface area (Å²) in [5.74, 6) is 0.397. The van der Waals surface area contributed by atoms with Crippen LogP contribution in [0.25, 0.3) is 0 Å². The highest BCUT2D eigenvalue weighted by Gasteiger charge is 2.27. The van der Waals surface area contributed by atoms with Crippen molar-refractivity contribution in [3.63, 3.8) is 0 Å². The number of hydrogen-bond acceptors (Lipinski definition) is 4. The standard InChI is InChI=1S/C14H20BrN3O/c15-12-1-2-14(19)11(7-12)10-17-3-5-18(6-4-17)13-8-16-9-13/h1-2,7,13,16,19H,3-6,8-10H2. The molecule has 2 N–H and O–H groups in total. The molecule has 4 nitrogen and oxygen atoms in total. The van der Waals surface area contributed by atoms with Crippen LogP contribution in [-0.4, -0.2) is 60.2 Å². The molecule has 0 aliphatic carbocycles. The molecule has 19 heavy (non-hydrogen) atoms. The highest BCUT2D eigenvalue weighted by Crippen LogP contribution is 2.24. The van der Waals surface area contributed by atoms with Gasteiger partial charge >= 0.3 is 0 Å². The fourth-order valence-corrected chi connectivity index (χ4v) is 3.15. The average molecular weight is 326 g/mol. The maximum absolute atomic E-state index is 9.89. The van der Waals surface area contributed by atoms with Crippen molar-refractivity contribution >= 4 is 15.9 Å². The Morgan fingerprint density at radius 2 is 1.95 bits per heavy atom. The number of rotatable bonds is 3. The first kappa shape index (κ1) is 13.4. The average Bonchev–Trinajstić information content (AvgIpc) is 2.34. The predicted molar refractivity (Wildman–Crippen MR) is 79.3 cm³/mol. The van der Waals surface area contributed by atoms with Gasteiger partial charge in [-0.1, -0.05) is 15.9 Å². The molecular formula is C14H20BrN3O. The summed E-state index contributed by atoms with van der Waals surface area (Å²) < 4.78 is 1.03. The summed E-state index contributed by atoms with van der Waals surface area (Å²) in [7, 11) is 0. The minimum absolute atomic E-state index is 0.397. The summed E-state index contributed by atoms with van der Waals surface area (Å²) >= 11 is 3.46. The van der Waals surface area contributed by atoms with Crippen LogP contribution in [0.15, 0.2) is 22.7 Å². The van der Waals surface area contributed by atoms with Crippen molar-refractivity contribution in [2.24, 2.45) is 0 Å². The van der Waals surface area contributed by atoms with Crippen molar-refractivity contribution in [1.82, 2.24) is 15.1 Å². The molecule has 3 rings (SSSR count).